The van der Waals surface area contributed by atoms with Crippen LogP contribution in [-0.2, 0) is 11.9 Å². The average molecular weight is 336 g/mol. The molecule has 1 aromatic carbocycles. The van der Waals surface area contributed by atoms with E-state index in [1.54, 1.807) is 11.3 Å². The molecule has 2 rings (SSSR count). The Morgan fingerprint density at radius 1 is 1.29 bits per heavy atom. The van der Waals surface area contributed by atoms with Gasteiger partial charge in [-0.2, -0.15) is 0 Å². The van der Waals surface area contributed by atoms with Gasteiger partial charge in [-0.1, -0.05) is 28.1 Å². The number of aliphatic hydroxyl groups excluding tert-OH is 1. The SMILES string of the molecule is OCc1ccc(CBr)c2c(Br)csc12. The zero-order valence-electron chi connectivity index (χ0n) is 7.26. The van der Waals surface area contributed by atoms with Crippen molar-refractivity contribution < 1.29 is 5.11 Å². The highest BCUT2D eigenvalue weighted by atomic mass is 79.9. The number of alkyl halides is 1. The molecule has 1 aromatic heterocycles. The van der Waals surface area contributed by atoms with E-state index in [4.69, 9.17) is 0 Å². The Labute approximate surface area is 103 Å². The van der Waals surface area contributed by atoms with Gasteiger partial charge in [-0.25, -0.2) is 0 Å². The van der Waals surface area contributed by atoms with E-state index in [0.717, 1.165) is 15.4 Å². The second-order valence-corrected chi connectivity index (χ2v) is 5.26. The maximum absolute atomic E-state index is 9.19. The van der Waals surface area contributed by atoms with Crippen molar-refractivity contribution in [2.45, 2.75) is 11.9 Å². The smallest absolute Gasteiger partial charge is 0.0695 e. The zero-order chi connectivity index (χ0) is 10.1. The summed E-state index contributed by atoms with van der Waals surface area (Å²) in [5.41, 5.74) is 2.26. The van der Waals surface area contributed by atoms with E-state index in [1.807, 2.05) is 6.07 Å². The zero-order valence-corrected chi connectivity index (χ0v) is 11.2. The molecule has 4 heteroatoms. The third-order valence-electron chi connectivity index (χ3n) is 2.16. The summed E-state index contributed by atoms with van der Waals surface area (Å²) in [6.45, 7) is 0.103. The molecule has 0 radical (unpaired) electrons. The van der Waals surface area contributed by atoms with Gasteiger partial charge in [-0.15, -0.1) is 11.3 Å². The van der Waals surface area contributed by atoms with E-state index in [9.17, 15) is 5.11 Å². The average Bonchev–Trinajstić information content (AvgIpc) is 2.60. The number of thiophene rings is 1. The second-order valence-electron chi connectivity index (χ2n) is 2.96. The van der Waals surface area contributed by atoms with Crippen LogP contribution < -0.4 is 0 Å². The molecule has 0 spiro atoms. The Kier molecular flexibility index (Phi) is 3.27. The minimum absolute atomic E-state index is 0.103. The molecule has 0 aliphatic carbocycles. The lowest BCUT2D eigenvalue weighted by Gasteiger charge is -2.03. The van der Waals surface area contributed by atoms with Crippen LogP contribution >= 0.6 is 43.2 Å². The van der Waals surface area contributed by atoms with Crippen molar-refractivity contribution in [1.29, 1.82) is 0 Å². The minimum Gasteiger partial charge on any atom is -0.392 e. The molecule has 0 fully saturated rings. The lowest BCUT2D eigenvalue weighted by molar-refractivity contribution is 0.283. The summed E-state index contributed by atoms with van der Waals surface area (Å²) in [6, 6.07) is 4.04. The predicted octanol–water partition coefficient (Wildman–Crippen LogP) is 4.05. The molecule has 1 N–H and O–H groups in total. The molecule has 0 unspecified atom stereocenters. The number of hydrogen-bond donors (Lipinski definition) is 1. The normalized spacial score (nSPS) is 11.1. The highest BCUT2D eigenvalue weighted by molar-refractivity contribution is 9.10. The van der Waals surface area contributed by atoms with Gasteiger partial charge in [0.1, 0.15) is 0 Å². The summed E-state index contributed by atoms with van der Waals surface area (Å²) in [5.74, 6) is 0. The van der Waals surface area contributed by atoms with Gasteiger partial charge in [-0.05, 0) is 27.1 Å². The first-order valence-electron chi connectivity index (χ1n) is 4.12. The van der Waals surface area contributed by atoms with Crippen LogP contribution in [0.4, 0.5) is 0 Å². The lowest BCUT2D eigenvalue weighted by atomic mass is 10.1. The third-order valence-corrected chi connectivity index (χ3v) is 4.75. The van der Waals surface area contributed by atoms with Crippen molar-refractivity contribution >= 4 is 53.3 Å². The highest BCUT2D eigenvalue weighted by Crippen LogP contribution is 2.36. The summed E-state index contributed by atoms with van der Waals surface area (Å²) in [5, 5.41) is 13.3. The molecule has 0 saturated heterocycles. The highest BCUT2D eigenvalue weighted by Gasteiger charge is 2.09. The van der Waals surface area contributed by atoms with Crippen molar-refractivity contribution in [3.63, 3.8) is 0 Å². The fourth-order valence-electron chi connectivity index (χ4n) is 1.47. The molecule has 0 aliphatic heterocycles. The van der Waals surface area contributed by atoms with Crippen LogP contribution in [0.25, 0.3) is 10.1 Å². The van der Waals surface area contributed by atoms with E-state index in [0.29, 0.717) is 0 Å². The standard InChI is InChI=1S/C10H8Br2OS/c11-3-6-1-2-7(4-13)10-9(6)8(12)5-14-10/h1-2,5,13H,3-4H2. The van der Waals surface area contributed by atoms with Crippen molar-refractivity contribution in [2.24, 2.45) is 0 Å². The van der Waals surface area contributed by atoms with Crippen LogP contribution in [0.3, 0.4) is 0 Å². The van der Waals surface area contributed by atoms with Gasteiger partial charge in [0.2, 0.25) is 0 Å². The van der Waals surface area contributed by atoms with E-state index in [-0.39, 0.29) is 6.61 Å². The van der Waals surface area contributed by atoms with Crippen LogP contribution in [0.2, 0.25) is 0 Å². The van der Waals surface area contributed by atoms with Crippen molar-refractivity contribution in [3.8, 4) is 0 Å². The summed E-state index contributed by atoms with van der Waals surface area (Å²) in [4.78, 5) is 0. The third kappa shape index (κ3) is 1.65. The number of halogens is 2. The maximum atomic E-state index is 9.19. The molecular weight excluding hydrogens is 328 g/mol. The molecule has 2 aromatic rings. The van der Waals surface area contributed by atoms with Crippen LogP contribution in [0.5, 0.6) is 0 Å². The van der Waals surface area contributed by atoms with Crippen LogP contribution in [0, 0.1) is 0 Å². The first kappa shape index (κ1) is 10.6. The lowest BCUT2D eigenvalue weighted by Crippen LogP contribution is -1.86. The first-order chi connectivity index (χ1) is 6.77. The van der Waals surface area contributed by atoms with E-state index < -0.39 is 0 Å². The van der Waals surface area contributed by atoms with E-state index in [2.05, 4.69) is 43.3 Å². The summed E-state index contributed by atoms with van der Waals surface area (Å²) < 4.78 is 2.29. The fourth-order valence-corrected chi connectivity index (χ4v) is 3.78. The molecular formula is C10H8Br2OS. The summed E-state index contributed by atoms with van der Waals surface area (Å²) in [6.07, 6.45) is 0. The maximum Gasteiger partial charge on any atom is 0.0695 e. The monoisotopic (exact) mass is 334 g/mol. The van der Waals surface area contributed by atoms with Crippen molar-refractivity contribution in [2.75, 3.05) is 0 Å². The van der Waals surface area contributed by atoms with E-state index in [1.165, 1.54) is 15.6 Å². The largest absolute Gasteiger partial charge is 0.392 e. The molecule has 0 amide bonds. The Balaban J connectivity index is 2.81. The molecule has 14 heavy (non-hydrogen) atoms. The quantitative estimate of drug-likeness (QED) is 0.821. The molecule has 1 nitrogen and oxygen atoms in total. The van der Waals surface area contributed by atoms with Crippen molar-refractivity contribution in [1.82, 2.24) is 0 Å². The van der Waals surface area contributed by atoms with Gasteiger partial charge in [0.05, 0.1) is 6.61 Å². The van der Waals surface area contributed by atoms with Crippen LogP contribution in [0.1, 0.15) is 11.1 Å². The molecule has 0 atom stereocenters. The number of hydrogen-bond acceptors (Lipinski definition) is 2. The molecule has 74 valence electrons. The Hall–Kier alpha value is 0.1000. The Morgan fingerprint density at radius 3 is 2.64 bits per heavy atom. The van der Waals surface area contributed by atoms with Crippen molar-refractivity contribution in [3.05, 3.63) is 33.1 Å². The number of benzene rings is 1. The van der Waals surface area contributed by atoms with Gasteiger partial charge < -0.3 is 5.11 Å². The van der Waals surface area contributed by atoms with Crippen LogP contribution in [0.15, 0.2) is 22.0 Å². The summed E-state index contributed by atoms with van der Waals surface area (Å²) in [7, 11) is 0. The minimum atomic E-state index is 0.103. The fraction of sp³-hybridized carbons (Fsp3) is 0.200. The van der Waals surface area contributed by atoms with Gasteiger partial charge in [-0.3, -0.25) is 0 Å². The van der Waals surface area contributed by atoms with Gasteiger partial charge >= 0.3 is 0 Å². The Morgan fingerprint density at radius 2 is 2.00 bits per heavy atom. The number of rotatable bonds is 2. The second kappa shape index (κ2) is 4.31. The van der Waals surface area contributed by atoms with Crippen LogP contribution in [-0.4, -0.2) is 5.11 Å². The van der Waals surface area contributed by atoms with Gasteiger partial charge in [0.25, 0.3) is 0 Å². The topological polar surface area (TPSA) is 20.2 Å². The first-order valence-corrected chi connectivity index (χ1v) is 6.91. The van der Waals surface area contributed by atoms with Gasteiger partial charge in [0.15, 0.2) is 0 Å². The van der Waals surface area contributed by atoms with E-state index >= 15 is 0 Å². The molecule has 1 heterocycles. The molecule has 0 aliphatic rings. The molecule has 0 bridgehead atoms. The Bertz CT molecular complexity index is 464. The molecule has 0 saturated carbocycles. The summed E-state index contributed by atoms with van der Waals surface area (Å²) >= 11 is 8.66. The number of aliphatic hydroxyl groups is 1. The van der Waals surface area contributed by atoms with Gasteiger partial charge in [0, 0.05) is 25.3 Å². The predicted molar refractivity (Wildman–Crippen MR) is 68.1 cm³/mol. The number of fused-ring (bicyclic) bond motifs is 1.